The standard InChI is InChI=1S/C30H41ClN6O2/c1-23(2)32-27-6-14-37(33-27)28(38)34-16-9-30(10-17-34)7-3-13-36(30)21-24-4-5-25(31)20-26(24)35-15-8-29(22-35)11-18-39-19-12-29/h4-6,14,20H,1,3,7-13,15-19,21-22H2,2H3,(H,32,33). The summed E-state index contributed by atoms with van der Waals surface area (Å²) in [6.07, 6.45) is 9.67. The fraction of sp³-hybridized carbons (Fsp3) is 0.600. The monoisotopic (exact) mass is 552 g/mol. The van der Waals surface area contributed by atoms with Gasteiger partial charge in [-0.05, 0) is 81.5 Å². The Labute approximate surface area is 236 Å². The Morgan fingerprint density at radius 3 is 2.64 bits per heavy atom. The summed E-state index contributed by atoms with van der Waals surface area (Å²) < 4.78 is 7.11. The normalized spacial score (nSPS) is 22.6. The van der Waals surface area contributed by atoms with Crippen LogP contribution in [0.15, 0.2) is 42.7 Å². The Balaban J connectivity index is 1.13. The van der Waals surface area contributed by atoms with Gasteiger partial charge >= 0.3 is 6.03 Å². The second-order valence-electron chi connectivity index (χ2n) is 12.1. The number of nitrogens with one attached hydrogen (secondary N) is 1. The maximum Gasteiger partial charge on any atom is 0.344 e. The highest BCUT2D eigenvalue weighted by Crippen LogP contribution is 2.44. The van der Waals surface area contributed by atoms with Crippen molar-refractivity contribution in [1.29, 1.82) is 0 Å². The molecule has 4 aliphatic rings. The summed E-state index contributed by atoms with van der Waals surface area (Å²) in [6.45, 7) is 13.2. The van der Waals surface area contributed by atoms with Crippen molar-refractivity contribution in [1.82, 2.24) is 19.6 Å². The maximum absolute atomic E-state index is 13.2. The van der Waals surface area contributed by atoms with Gasteiger partial charge in [-0.2, -0.15) is 4.68 Å². The van der Waals surface area contributed by atoms with Crippen LogP contribution < -0.4 is 10.2 Å². The molecule has 1 aromatic heterocycles. The third-order valence-electron chi connectivity index (χ3n) is 9.57. The van der Waals surface area contributed by atoms with Gasteiger partial charge in [0, 0.05) is 80.1 Å². The van der Waals surface area contributed by atoms with Crippen LogP contribution in [0.4, 0.5) is 16.3 Å². The third kappa shape index (κ3) is 5.43. The maximum atomic E-state index is 13.2. The van der Waals surface area contributed by atoms with E-state index in [1.54, 1.807) is 6.20 Å². The Morgan fingerprint density at radius 2 is 1.87 bits per heavy atom. The molecular formula is C30H41ClN6O2. The van der Waals surface area contributed by atoms with E-state index in [1.807, 2.05) is 24.0 Å². The van der Waals surface area contributed by atoms with Crippen LogP contribution in [0.1, 0.15) is 57.4 Å². The van der Waals surface area contributed by atoms with E-state index in [9.17, 15) is 4.79 Å². The zero-order valence-corrected chi connectivity index (χ0v) is 23.9. The number of amides is 1. The van der Waals surface area contributed by atoms with Crippen molar-refractivity contribution in [2.45, 2.75) is 64.0 Å². The summed E-state index contributed by atoms with van der Waals surface area (Å²) in [5.74, 6) is 0.644. The molecular weight excluding hydrogens is 512 g/mol. The fourth-order valence-corrected chi connectivity index (χ4v) is 7.47. The number of benzene rings is 1. The largest absolute Gasteiger partial charge is 0.381 e. The molecule has 4 fully saturated rings. The highest BCUT2D eigenvalue weighted by molar-refractivity contribution is 6.30. The lowest BCUT2D eigenvalue weighted by molar-refractivity contribution is 0.0254. The van der Waals surface area contributed by atoms with Gasteiger partial charge in [0.2, 0.25) is 0 Å². The van der Waals surface area contributed by atoms with Crippen molar-refractivity contribution in [3.63, 3.8) is 0 Å². The number of likely N-dealkylation sites (tertiary alicyclic amines) is 2. The van der Waals surface area contributed by atoms with Crippen LogP contribution in [0.5, 0.6) is 0 Å². The molecule has 210 valence electrons. The molecule has 2 spiro atoms. The van der Waals surface area contributed by atoms with Crippen LogP contribution >= 0.6 is 11.6 Å². The molecule has 0 aliphatic carbocycles. The van der Waals surface area contributed by atoms with Gasteiger partial charge < -0.3 is 19.9 Å². The van der Waals surface area contributed by atoms with E-state index in [1.165, 1.54) is 35.2 Å². The zero-order valence-electron chi connectivity index (χ0n) is 23.1. The quantitative estimate of drug-likeness (QED) is 0.522. The number of carbonyl (C=O) groups is 1. The van der Waals surface area contributed by atoms with E-state index in [0.717, 1.165) is 88.9 Å². The van der Waals surface area contributed by atoms with Gasteiger partial charge in [0.15, 0.2) is 5.82 Å². The zero-order chi connectivity index (χ0) is 27.0. The van der Waals surface area contributed by atoms with Gasteiger partial charge in [-0.15, -0.1) is 5.10 Å². The molecule has 0 unspecified atom stereocenters. The number of nitrogens with zero attached hydrogens (tertiary/aromatic N) is 5. The molecule has 0 radical (unpaired) electrons. The van der Waals surface area contributed by atoms with E-state index in [0.29, 0.717) is 11.2 Å². The lowest BCUT2D eigenvalue weighted by Gasteiger charge is -2.45. The molecule has 8 nitrogen and oxygen atoms in total. The first-order valence-electron chi connectivity index (χ1n) is 14.5. The topological polar surface area (TPSA) is 65.9 Å². The number of allylic oxidation sites excluding steroid dienone is 1. The molecule has 4 aliphatic heterocycles. The van der Waals surface area contributed by atoms with Gasteiger partial charge in [0.05, 0.1) is 0 Å². The summed E-state index contributed by atoms with van der Waals surface area (Å²) >= 11 is 6.54. The van der Waals surface area contributed by atoms with E-state index in [2.05, 4.69) is 38.9 Å². The Morgan fingerprint density at radius 1 is 1.08 bits per heavy atom. The first kappa shape index (κ1) is 26.7. The molecule has 1 aromatic carbocycles. The summed E-state index contributed by atoms with van der Waals surface area (Å²) in [7, 11) is 0. The number of rotatable bonds is 5. The number of hydrogen-bond acceptors (Lipinski definition) is 6. The highest BCUT2D eigenvalue weighted by atomic mass is 35.5. The molecule has 5 heterocycles. The first-order valence-corrected chi connectivity index (χ1v) is 14.9. The molecule has 2 aromatic rings. The van der Waals surface area contributed by atoms with Crippen molar-refractivity contribution >= 4 is 29.1 Å². The Hall–Kier alpha value is -2.55. The summed E-state index contributed by atoms with van der Waals surface area (Å²) in [5.41, 5.74) is 4.01. The van der Waals surface area contributed by atoms with Crippen molar-refractivity contribution in [2.75, 3.05) is 56.2 Å². The molecule has 4 saturated heterocycles. The van der Waals surface area contributed by atoms with Gasteiger partial charge in [0.1, 0.15) is 0 Å². The number of halogens is 1. The molecule has 39 heavy (non-hydrogen) atoms. The molecule has 0 bridgehead atoms. The van der Waals surface area contributed by atoms with Crippen molar-refractivity contribution in [3.05, 3.63) is 53.3 Å². The fourth-order valence-electron chi connectivity index (χ4n) is 7.31. The van der Waals surface area contributed by atoms with E-state index < -0.39 is 0 Å². The van der Waals surface area contributed by atoms with Gasteiger partial charge in [-0.1, -0.05) is 24.2 Å². The molecule has 1 amide bonds. The number of anilines is 2. The molecule has 0 saturated carbocycles. The lowest BCUT2D eigenvalue weighted by atomic mass is 9.80. The Kier molecular flexibility index (Phi) is 7.37. The summed E-state index contributed by atoms with van der Waals surface area (Å²) in [6, 6.07) is 8.22. The van der Waals surface area contributed by atoms with Crippen LogP contribution in [0.2, 0.25) is 5.02 Å². The third-order valence-corrected chi connectivity index (χ3v) is 9.81. The number of hydrogen-bond donors (Lipinski definition) is 1. The lowest BCUT2D eigenvalue weighted by Crippen LogP contribution is -2.53. The number of aromatic nitrogens is 2. The predicted octanol–water partition coefficient (Wildman–Crippen LogP) is 5.59. The van der Waals surface area contributed by atoms with Crippen LogP contribution in [-0.4, -0.2) is 77.1 Å². The molecule has 9 heteroatoms. The van der Waals surface area contributed by atoms with E-state index in [-0.39, 0.29) is 11.6 Å². The van der Waals surface area contributed by atoms with E-state index in [4.69, 9.17) is 16.3 Å². The van der Waals surface area contributed by atoms with Crippen LogP contribution in [-0.2, 0) is 11.3 Å². The second-order valence-corrected chi connectivity index (χ2v) is 12.6. The van der Waals surface area contributed by atoms with Crippen LogP contribution in [0.3, 0.4) is 0 Å². The van der Waals surface area contributed by atoms with Crippen molar-refractivity contribution in [3.8, 4) is 0 Å². The van der Waals surface area contributed by atoms with Crippen molar-refractivity contribution in [2.24, 2.45) is 5.41 Å². The number of ether oxygens (including phenoxy) is 1. The van der Waals surface area contributed by atoms with Crippen LogP contribution in [0.25, 0.3) is 0 Å². The van der Waals surface area contributed by atoms with Crippen molar-refractivity contribution < 1.29 is 9.53 Å². The van der Waals surface area contributed by atoms with Crippen LogP contribution in [0, 0.1) is 5.41 Å². The number of piperidine rings is 1. The smallest absolute Gasteiger partial charge is 0.344 e. The Bertz CT molecular complexity index is 1210. The van der Waals surface area contributed by atoms with Gasteiger partial charge in [-0.25, -0.2) is 4.79 Å². The number of carbonyl (C=O) groups excluding carboxylic acids is 1. The SMILES string of the molecule is C=C(C)Nc1ccn(C(=O)N2CCC3(CCCN3Cc3ccc(Cl)cc3N3CCC4(CCOCC4)C3)CC2)n1. The van der Waals surface area contributed by atoms with Gasteiger partial charge in [0.25, 0.3) is 0 Å². The summed E-state index contributed by atoms with van der Waals surface area (Å²) in [5, 5.41) is 8.28. The first-order chi connectivity index (χ1) is 18.8. The molecule has 1 N–H and O–H groups in total. The predicted molar refractivity (Wildman–Crippen MR) is 155 cm³/mol. The summed E-state index contributed by atoms with van der Waals surface area (Å²) in [4.78, 5) is 20.4. The van der Waals surface area contributed by atoms with Gasteiger partial charge in [-0.3, -0.25) is 4.90 Å². The van der Waals surface area contributed by atoms with E-state index >= 15 is 0 Å². The average molecular weight is 553 g/mol. The minimum absolute atomic E-state index is 0.0553. The minimum Gasteiger partial charge on any atom is -0.381 e. The minimum atomic E-state index is -0.0553. The highest BCUT2D eigenvalue weighted by Gasteiger charge is 2.45. The molecule has 6 rings (SSSR count). The molecule has 0 atom stereocenters. The second kappa shape index (κ2) is 10.8. The average Bonchev–Trinajstić information content (AvgIpc) is 3.65.